The molecule has 1 atom stereocenters. The summed E-state index contributed by atoms with van der Waals surface area (Å²) in [5, 5.41) is 15.2. The third kappa shape index (κ3) is 3.34. The van der Waals surface area contributed by atoms with Gasteiger partial charge in [0.15, 0.2) is 0 Å². The van der Waals surface area contributed by atoms with Crippen molar-refractivity contribution in [3.8, 4) is 0 Å². The third-order valence-electron chi connectivity index (χ3n) is 3.07. The Bertz CT molecular complexity index is 546. The second kappa shape index (κ2) is 6.01. The molecule has 1 unspecified atom stereocenters. The normalized spacial score (nSPS) is 14.3. The minimum absolute atomic E-state index is 0.121. The van der Waals surface area contributed by atoms with Crippen LogP contribution < -0.4 is 5.32 Å². The molecule has 0 spiro atoms. The Labute approximate surface area is 120 Å². The van der Waals surface area contributed by atoms with Crippen molar-refractivity contribution in [1.29, 1.82) is 0 Å². The van der Waals surface area contributed by atoms with E-state index in [-0.39, 0.29) is 12.4 Å². The number of hydrogen-bond acceptors (Lipinski definition) is 3. The molecule has 1 aromatic carbocycles. The Morgan fingerprint density at radius 2 is 2.21 bits per heavy atom. The molecule has 0 bridgehead atoms. The highest BCUT2D eigenvalue weighted by Gasteiger charge is 2.27. The first-order valence-electron chi connectivity index (χ1n) is 5.89. The van der Waals surface area contributed by atoms with Gasteiger partial charge < -0.3 is 10.4 Å². The van der Waals surface area contributed by atoms with Gasteiger partial charge in [-0.25, -0.2) is 4.39 Å². The van der Waals surface area contributed by atoms with E-state index in [0.717, 1.165) is 4.88 Å². The summed E-state index contributed by atoms with van der Waals surface area (Å²) in [7, 11) is 0. The topological polar surface area (TPSA) is 32.3 Å². The smallest absolute Gasteiger partial charge is 0.124 e. The number of halogens is 2. The summed E-state index contributed by atoms with van der Waals surface area (Å²) in [6.45, 7) is 2.35. The van der Waals surface area contributed by atoms with Crippen LogP contribution >= 0.6 is 22.9 Å². The maximum Gasteiger partial charge on any atom is 0.124 e. The molecular weight excluding hydrogens is 285 g/mol. The van der Waals surface area contributed by atoms with Gasteiger partial charge in [-0.3, -0.25) is 0 Å². The van der Waals surface area contributed by atoms with E-state index in [1.807, 2.05) is 24.4 Å². The molecule has 2 N–H and O–H groups in total. The first kappa shape index (κ1) is 14.5. The predicted octanol–water partition coefficient (Wildman–Crippen LogP) is 3.54. The van der Waals surface area contributed by atoms with Crippen LogP contribution in [0.3, 0.4) is 0 Å². The van der Waals surface area contributed by atoms with Crippen LogP contribution in [0, 0.1) is 5.82 Å². The van der Waals surface area contributed by atoms with Crippen molar-refractivity contribution in [2.75, 3.05) is 6.61 Å². The van der Waals surface area contributed by atoms with E-state index in [4.69, 9.17) is 11.6 Å². The van der Waals surface area contributed by atoms with Gasteiger partial charge in [-0.05, 0) is 36.1 Å². The van der Waals surface area contributed by atoms with Gasteiger partial charge in [-0.1, -0.05) is 23.7 Å². The maximum absolute atomic E-state index is 13.1. The highest BCUT2D eigenvalue weighted by molar-refractivity contribution is 7.09. The number of aliphatic hydroxyl groups excluding tert-OH is 1. The van der Waals surface area contributed by atoms with Crippen LogP contribution in [0.2, 0.25) is 5.02 Å². The largest absolute Gasteiger partial charge is 0.394 e. The van der Waals surface area contributed by atoms with E-state index in [1.54, 1.807) is 17.4 Å². The van der Waals surface area contributed by atoms with Gasteiger partial charge in [0.25, 0.3) is 0 Å². The number of benzene rings is 1. The summed E-state index contributed by atoms with van der Waals surface area (Å²) in [6, 6.07) is 8.21. The predicted molar refractivity (Wildman–Crippen MR) is 77.0 cm³/mol. The van der Waals surface area contributed by atoms with E-state index >= 15 is 0 Å². The molecule has 1 heterocycles. The summed E-state index contributed by atoms with van der Waals surface area (Å²) in [4.78, 5) is 1.16. The summed E-state index contributed by atoms with van der Waals surface area (Å²) < 4.78 is 13.1. The molecule has 0 aliphatic carbocycles. The van der Waals surface area contributed by atoms with E-state index in [2.05, 4.69) is 5.32 Å². The molecule has 2 aromatic rings. The molecule has 0 saturated heterocycles. The number of hydrogen-bond donors (Lipinski definition) is 2. The molecule has 0 radical (unpaired) electrons. The van der Waals surface area contributed by atoms with Gasteiger partial charge in [0.05, 0.1) is 12.1 Å². The Balaban J connectivity index is 2.21. The lowest BCUT2D eigenvalue weighted by atomic mass is 9.92. The lowest BCUT2D eigenvalue weighted by molar-refractivity contribution is 0.174. The molecule has 102 valence electrons. The fourth-order valence-electron chi connectivity index (χ4n) is 1.87. The lowest BCUT2D eigenvalue weighted by Crippen LogP contribution is -2.42. The molecule has 19 heavy (non-hydrogen) atoms. The fourth-order valence-corrected chi connectivity index (χ4v) is 2.89. The Kier molecular flexibility index (Phi) is 4.58. The average molecular weight is 300 g/mol. The van der Waals surface area contributed by atoms with Crippen LogP contribution in [-0.4, -0.2) is 11.7 Å². The fraction of sp³-hybridized carbons (Fsp3) is 0.286. The SMILES string of the molecule is CC(CO)(NCc1cccs1)c1ccc(F)cc1Cl. The first-order chi connectivity index (χ1) is 9.05. The van der Waals surface area contributed by atoms with Gasteiger partial charge in [0, 0.05) is 16.4 Å². The second-order valence-electron chi connectivity index (χ2n) is 4.55. The van der Waals surface area contributed by atoms with Crippen LogP contribution in [0.5, 0.6) is 0 Å². The highest BCUT2D eigenvalue weighted by Crippen LogP contribution is 2.29. The monoisotopic (exact) mass is 299 g/mol. The van der Waals surface area contributed by atoms with Gasteiger partial charge in [-0.2, -0.15) is 0 Å². The zero-order valence-corrected chi connectivity index (χ0v) is 12.1. The van der Waals surface area contributed by atoms with Crippen molar-refractivity contribution in [1.82, 2.24) is 5.32 Å². The van der Waals surface area contributed by atoms with Crippen molar-refractivity contribution < 1.29 is 9.50 Å². The molecule has 0 saturated carbocycles. The van der Waals surface area contributed by atoms with Crippen molar-refractivity contribution in [2.24, 2.45) is 0 Å². The van der Waals surface area contributed by atoms with E-state index in [0.29, 0.717) is 17.1 Å². The van der Waals surface area contributed by atoms with Crippen molar-refractivity contribution in [3.05, 3.63) is 57.0 Å². The van der Waals surface area contributed by atoms with Crippen LogP contribution in [0.1, 0.15) is 17.4 Å². The van der Waals surface area contributed by atoms with Crippen LogP contribution in [-0.2, 0) is 12.1 Å². The number of nitrogens with one attached hydrogen (secondary N) is 1. The zero-order valence-electron chi connectivity index (χ0n) is 10.5. The van der Waals surface area contributed by atoms with E-state index in [9.17, 15) is 9.50 Å². The van der Waals surface area contributed by atoms with E-state index in [1.165, 1.54) is 12.1 Å². The van der Waals surface area contributed by atoms with Crippen molar-refractivity contribution >= 4 is 22.9 Å². The Hall–Kier alpha value is -0.940. The van der Waals surface area contributed by atoms with Crippen LogP contribution in [0.4, 0.5) is 4.39 Å². The highest BCUT2D eigenvalue weighted by atomic mass is 35.5. The van der Waals surface area contributed by atoms with Gasteiger partial charge in [0.2, 0.25) is 0 Å². The summed E-state index contributed by atoms with van der Waals surface area (Å²) in [5.41, 5.74) is -0.0102. The lowest BCUT2D eigenvalue weighted by Gasteiger charge is -2.30. The number of thiophene rings is 1. The Morgan fingerprint density at radius 3 is 2.79 bits per heavy atom. The number of rotatable bonds is 5. The minimum atomic E-state index is -0.700. The summed E-state index contributed by atoms with van der Waals surface area (Å²) in [6.07, 6.45) is 0. The third-order valence-corrected chi connectivity index (χ3v) is 4.26. The second-order valence-corrected chi connectivity index (χ2v) is 5.99. The molecule has 0 aliphatic heterocycles. The summed E-state index contributed by atoms with van der Waals surface area (Å²) in [5.74, 6) is -0.382. The molecule has 0 fully saturated rings. The van der Waals surface area contributed by atoms with Gasteiger partial charge in [0.1, 0.15) is 5.82 Å². The molecule has 1 aromatic heterocycles. The molecular formula is C14H15ClFNOS. The maximum atomic E-state index is 13.1. The molecule has 0 amide bonds. The van der Waals surface area contributed by atoms with Crippen molar-refractivity contribution in [2.45, 2.75) is 19.0 Å². The number of aliphatic hydroxyl groups is 1. The van der Waals surface area contributed by atoms with Crippen LogP contribution in [0.25, 0.3) is 0 Å². The van der Waals surface area contributed by atoms with Crippen molar-refractivity contribution in [3.63, 3.8) is 0 Å². The Morgan fingerprint density at radius 1 is 1.42 bits per heavy atom. The minimum Gasteiger partial charge on any atom is -0.394 e. The summed E-state index contributed by atoms with van der Waals surface area (Å²) >= 11 is 7.70. The molecule has 0 aliphatic rings. The quantitative estimate of drug-likeness (QED) is 0.885. The average Bonchev–Trinajstić information content (AvgIpc) is 2.89. The van der Waals surface area contributed by atoms with E-state index < -0.39 is 5.54 Å². The van der Waals surface area contributed by atoms with Gasteiger partial charge >= 0.3 is 0 Å². The van der Waals surface area contributed by atoms with Gasteiger partial charge in [-0.15, -0.1) is 11.3 Å². The van der Waals surface area contributed by atoms with Crippen LogP contribution in [0.15, 0.2) is 35.7 Å². The standard InChI is InChI=1S/C14H15ClFNOS/c1-14(9-18,17-8-11-3-2-6-19-11)12-5-4-10(16)7-13(12)15/h2-7,17-18H,8-9H2,1H3. The zero-order chi connectivity index (χ0) is 13.9. The molecule has 5 heteroatoms. The first-order valence-corrected chi connectivity index (χ1v) is 7.15. The molecule has 2 rings (SSSR count). The molecule has 2 nitrogen and oxygen atoms in total.